The van der Waals surface area contributed by atoms with Gasteiger partial charge in [-0.25, -0.2) is 4.98 Å². The van der Waals surface area contributed by atoms with Crippen molar-refractivity contribution in [3.05, 3.63) is 17.8 Å². The number of rotatable bonds is 5. The average molecular weight is 292 g/mol. The minimum absolute atomic E-state index is 0.400. The van der Waals surface area contributed by atoms with Crippen molar-refractivity contribution in [1.29, 1.82) is 0 Å². The molecule has 0 aromatic carbocycles. The van der Waals surface area contributed by atoms with E-state index in [2.05, 4.69) is 33.8 Å². The standard InChI is InChI=1S/C14H24N6O/c1-18(2)3-4-19-5-7-20(8-6-19)14-12(13(16)21)9-11(15)10-17-14/h9-10H,3-8,15H2,1-2H3,(H2,16,21). The van der Waals surface area contributed by atoms with Gasteiger partial charge in [0.1, 0.15) is 5.82 Å². The lowest BCUT2D eigenvalue weighted by atomic mass is 10.2. The Kier molecular flexibility index (Phi) is 4.98. The van der Waals surface area contributed by atoms with Crippen molar-refractivity contribution in [2.75, 3.05) is 64.0 Å². The third kappa shape index (κ3) is 4.05. The fourth-order valence-electron chi connectivity index (χ4n) is 2.43. The minimum atomic E-state index is -0.486. The number of primary amides is 1. The monoisotopic (exact) mass is 292 g/mol. The first-order chi connectivity index (χ1) is 9.97. The van der Waals surface area contributed by atoms with Crippen molar-refractivity contribution in [3.8, 4) is 0 Å². The summed E-state index contributed by atoms with van der Waals surface area (Å²) >= 11 is 0. The lowest BCUT2D eigenvalue weighted by Crippen LogP contribution is -2.48. The number of hydrogen-bond donors (Lipinski definition) is 2. The van der Waals surface area contributed by atoms with Gasteiger partial charge in [0.15, 0.2) is 0 Å². The van der Waals surface area contributed by atoms with Crippen LogP contribution in [-0.2, 0) is 0 Å². The molecular weight excluding hydrogens is 268 g/mol. The maximum absolute atomic E-state index is 11.5. The highest BCUT2D eigenvalue weighted by Gasteiger charge is 2.22. The fraction of sp³-hybridized carbons (Fsp3) is 0.571. The van der Waals surface area contributed by atoms with Gasteiger partial charge in [0.2, 0.25) is 0 Å². The van der Waals surface area contributed by atoms with Gasteiger partial charge in [-0.2, -0.15) is 0 Å². The van der Waals surface area contributed by atoms with E-state index < -0.39 is 5.91 Å². The average Bonchev–Trinajstić information content (AvgIpc) is 2.45. The van der Waals surface area contributed by atoms with Crippen LogP contribution >= 0.6 is 0 Å². The molecule has 7 nitrogen and oxygen atoms in total. The Morgan fingerprint density at radius 2 is 2.00 bits per heavy atom. The molecule has 1 aromatic heterocycles. The number of likely N-dealkylation sites (N-methyl/N-ethyl adjacent to an activating group) is 1. The van der Waals surface area contributed by atoms with Crippen LogP contribution < -0.4 is 16.4 Å². The molecule has 1 saturated heterocycles. The van der Waals surface area contributed by atoms with Gasteiger partial charge in [0.05, 0.1) is 17.4 Å². The lowest BCUT2D eigenvalue weighted by Gasteiger charge is -2.36. The number of hydrogen-bond acceptors (Lipinski definition) is 6. The van der Waals surface area contributed by atoms with Crippen LogP contribution in [0.3, 0.4) is 0 Å². The number of carbonyl (C=O) groups excluding carboxylic acids is 1. The third-order valence-electron chi connectivity index (χ3n) is 3.69. The second kappa shape index (κ2) is 6.73. The Hall–Kier alpha value is -1.86. The van der Waals surface area contributed by atoms with Gasteiger partial charge in [0.25, 0.3) is 5.91 Å². The van der Waals surface area contributed by atoms with E-state index in [0.29, 0.717) is 17.1 Å². The summed E-state index contributed by atoms with van der Waals surface area (Å²) in [6.07, 6.45) is 1.57. The summed E-state index contributed by atoms with van der Waals surface area (Å²) in [6, 6.07) is 1.60. The van der Waals surface area contributed by atoms with Crippen molar-refractivity contribution >= 4 is 17.4 Å². The number of nitrogens with two attached hydrogens (primary N) is 2. The van der Waals surface area contributed by atoms with Gasteiger partial charge >= 0.3 is 0 Å². The van der Waals surface area contributed by atoms with Crippen LogP contribution in [0.5, 0.6) is 0 Å². The van der Waals surface area contributed by atoms with E-state index in [1.54, 1.807) is 12.3 Å². The molecule has 1 amide bonds. The number of nitrogens with zero attached hydrogens (tertiary/aromatic N) is 4. The van der Waals surface area contributed by atoms with E-state index in [1.165, 1.54) is 0 Å². The van der Waals surface area contributed by atoms with Crippen LogP contribution in [0.2, 0.25) is 0 Å². The van der Waals surface area contributed by atoms with Gasteiger partial charge in [-0.15, -0.1) is 0 Å². The normalized spacial score (nSPS) is 16.4. The number of piperazine rings is 1. The summed E-state index contributed by atoms with van der Waals surface area (Å²) < 4.78 is 0. The van der Waals surface area contributed by atoms with Gasteiger partial charge in [-0.3, -0.25) is 9.69 Å². The molecule has 0 spiro atoms. The zero-order valence-electron chi connectivity index (χ0n) is 12.7. The lowest BCUT2D eigenvalue weighted by molar-refractivity contribution is 0.1000. The van der Waals surface area contributed by atoms with Crippen LogP contribution in [-0.4, -0.2) is 74.1 Å². The Balaban J connectivity index is 2.01. The summed E-state index contributed by atoms with van der Waals surface area (Å²) in [6.45, 7) is 5.69. The summed E-state index contributed by atoms with van der Waals surface area (Å²) in [7, 11) is 4.15. The van der Waals surface area contributed by atoms with Crippen molar-refractivity contribution in [2.24, 2.45) is 5.73 Å². The van der Waals surface area contributed by atoms with Gasteiger partial charge in [-0.05, 0) is 20.2 Å². The molecule has 0 saturated carbocycles. The molecule has 4 N–H and O–H groups in total. The van der Waals surface area contributed by atoms with Crippen LogP contribution in [0.1, 0.15) is 10.4 Å². The Bertz CT molecular complexity index is 496. The number of anilines is 2. The summed E-state index contributed by atoms with van der Waals surface area (Å²) in [4.78, 5) is 22.5. The molecule has 0 radical (unpaired) electrons. The number of pyridine rings is 1. The molecule has 2 heterocycles. The van der Waals surface area contributed by atoms with E-state index in [4.69, 9.17) is 11.5 Å². The molecule has 0 atom stereocenters. The van der Waals surface area contributed by atoms with Crippen molar-refractivity contribution in [1.82, 2.24) is 14.8 Å². The number of nitrogen functional groups attached to an aromatic ring is 1. The molecule has 0 unspecified atom stereocenters. The molecule has 1 aliphatic heterocycles. The quantitative estimate of drug-likeness (QED) is 0.756. The molecular formula is C14H24N6O. The Morgan fingerprint density at radius 3 is 2.57 bits per heavy atom. The first-order valence-corrected chi connectivity index (χ1v) is 7.14. The molecule has 1 fully saturated rings. The maximum atomic E-state index is 11.5. The molecule has 0 aliphatic carbocycles. The molecule has 21 heavy (non-hydrogen) atoms. The fourth-order valence-corrected chi connectivity index (χ4v) is 2.43. The van der Waals surface area contributed by atoms with E-state index in [1.807, 2.05) is 0 Å². The van der Waals surface area contributed by atoms with Gasteiger partial charge in [0, 0.05) is 39.3 Å². The molecule has 116 valence electrons. The predicted octanol–water partition coefficient (Wildman–Crippen LogP) is -0.554. The zero-order valence-corrected chi connectivity index (χ0v) is 12.7. The van der Waals surface area contributed by atoms with Crippen molar-refractivity contribution in [2.45, 2.75) is 0 Å². The van der Waals surface area contributed by atoms with Crippen LogP contribution in [0.15, 0.2) is 12.3 Å². The number of carbonyl (C=O) groups is 1. The van der Waals surface area contributed by atoms with Crippen LogP contribution in [0.4, 0.5) is 11.5 Å². The largest absolute Gasteiger partial charge is 0.397 e. The van der Waals surface area contributed by atoms with E-state index >= 15 is 0 Å². The summed E-state index contributed by atoms with van der Waals surface area (Å²) in [5.41, 5.74) is 12.0. The predicted molar refractivity (Wildman–Crippen MR) is 84.4 cm³/mol. The molecule has 7 heteroatoms. The van der Waals surface area contributed by atoms with Gasteiger partial charge < -0.3 is 21.3 Å². The highest BCUT2D eigenvalue weighted by atomic mass is 16.1. The van der Waals surface area contributed by atoms with Gasteiger partial charge in [-0.1, -0.05) is 0 Å². The SMILES string of the molecule is CN(C)CCN1CCN(c2ncc(N)cc2C(N)=O)CC1. The first-order valence-electron chi connectivity index (χ1n) is 7.14. The molecule has 2 rings (SSSR count). The van der Waals surface area contributed by atoms with E-state index in [0.717, 1.165) is 39.3 Å². The van der Waals surface area contributed by atoms with Crippen molar-refractivity contribution in [3.63, 3.8) is 0 Å². The molecule has 1 aliphatic rings. The van der Waals surface area contributed by atoms with Crippen molar-refractivity contribution < 1.29 is 4.79 Å². The second-order valence-corrected chi connectivity index (χ2v) is 5.64. The maximum Gasteiger partial charge on any atom is 0.252 e. The smallest absolute Gasteiger partial charge is 0.252 e. The molecule has 1 aromatic rings. The first kappa shape index (κ1) is 15.5. The number of aromatic nitrogens is 1. The van der Waals surface area contributed by atoms with E-state index in [9.17, 15) is 4.79 Å². The third-order valence-corrected chi connectivity index (χ3v) is 3.69. The Morgan fingerprint density at radius 1 is 1.33 bits per heavy atom. The van der Waals surface area contributed by atoms with E-state index in [-0.39, 0.29) is 0 Å². The highest BCUT2D eigenvalue weighted by Crippen LogP contribution is 2.21. The van der Waals surface area contributed by atoms with Crippen LogP contribution in [0, 0.1) is 0 Å². The molecule has 0 bridgehead atoms. The summed E-state index contributed by atoms with van der Waals surface area (Å²) in [5.74, 6) is 0.156. The summed E-state index contributed by atoms with van der Waals surface area (Å²) in [5, 5.41) is 0. The second-order valence-electron chi connectivity index (χ2n) is 5.64. The van der Waals surface area contributed by atoms with Crippen LogP contribution in [0.25, 0.3) is 0 Å². The number of amides is 1. The minimum Gasteiger partial charge on any atom is -0.397 e. The zero-order chi connectivity index (χ0) is 15.4. The topological polar surface area (TPSA) is 91.7 Å². The Labute approximate surface area is 125 Å². The highest BCUT2D eigenvalue weighted by molar-refractivity contribution is 5.98.